The molecule has 0 amide bonds. The lowest BCUT2D eigenvalue weighted by Gasteiger charge is -2.37. The van der Waals surface area contributed by atoms with E-state index in [0.717, 1.165) is 19.0 Å². The normalized spacial score (nSPS) is 23.2. The van der Waals surface area contributed by atoms with Crippen LogP contribution in [0.4, 0.5) is 13.2 Å². The Bertz CT molecular complexity index is 330. The Morgan fingerprint density at radius 3 is 2.36 bits per heavy atom. The van der Waals surface area contributed by atoms with E-state index in [0.29, 0.717) is 24.8 Å². The monoisotopic (exact) mass is 437 g/mol. The summed E-state index contributed by atoms with van der Waals surface area (Å²) in [5.41, 5.74) is 0. The first kappa shape index (κ1) is 21.8. The summed E-state index contributed by atoms with van der Waals surface area (Å²) in [4.78, 5) is 6.47. The number of guanidine groups is 1. The van der Waals surface area contributed by atoms with Gasteiger partial charge in [0, 0.05) is 33.3 Å². The van der Waals surface area contributed by atoms with Crippen LogP contribution >= 0.6 is 24.0 Å². The van der Waals surface area contributed by atoms with Gasteiger partial charge in [0.15, 0.2) is 5.96 Å². The average Bonchev–Trinajstić information content (AvgIpc) is 2.35. The Morgan fingerprint density at radius 2 is 1.86 bits per heavy atom. The molecule has 0 radical (unpaired) electrons. The van der Waals surface area contributed by atoms with Crippen molar-refractivity contribution in [3.05, 3.63) is 0 Å². The van der Waals surface area contributed by atoms with Crippen molar-refractivity contribution in [3.8, 4) is 0 Å². The minimum atomic E-state index is -4.25. The van der Waals surface area contributed by atoms with E-state index in [1.165, 1.54) is 6.42 Å². The number of nitrogens with zero attached hydrogens (tertiary/aromatic N) is 2. The molecule has 0 aromatic rings. The smallest absolute Gasteiger partial charge is 0.372 e. The molecule has 0 aromatic carbocycles. The second-order valence-corrected chi connectivity index (χ2v) is 5.85. The molecule has 0 spiro atoms. The van der Waals surface area contributed by atoms with E-state index >= 15 is 0 Å². The molecule has 1 aliphatic heterocycles. The lowest BCUT2D eigenvalue weighted by atomic mass is 9.92. The Labute approximate surface area is 147 Å². The first-order chi connectivity index (χ1) is 9.81. The third kappa shape index (κ3) is 9.02. The molecule has 132 valence electrons. The summed E-state index contributed by atoms with van der Waals surface area (Å²) in [7, 11) is 1.73. The summed E-state index contributed by atoms with van der Waals surface area (Å²) >= 11 is 0. The second-order valence-electron chi connectivity index (χ2n) is 5.85. The molecule has 0 saturated carbocycles. The van der Waals surface area contributed by atoms with Crippen LogP contribution in [-0.2, 0) is 4.74 Å². The Morgan fingerprint density at radius 1 is 1.27 bits per heavy atom. The Kier molecular flexibility index (Phi) is 10.4. The number of aliphatic imine (C=N–C) groups is 1. The molecule has 1 saturated heterocycles. The van der Waals surface area contributed by atoms with Gasteiger partial charge in [0.2, 0.25) is 0 Å². The van der Waals surface area contributed by atoms with Gasteiger partial charge in [-0.05, 0) is 24.7 Å². The van der Waals surface area contributed by atoms with Crippen LogP contribution in [0.5, 0.6) is 0 Å². The topological polar surface area (TPSA) is 36.9 Å². The largest absolute Gasteiger partial charge is 0.411 e. The van der Waals surface area contributed by atoms with Gasteiger partial charge in [-0.3, -0.25) is 4.99 Å². The SMILES string of the molecule is CN=C(NCCCOCC(F)(F)F)N1CC(C)CC(C)C1.I. The minimum absolute atomic E-state index is 0. The van der Waals surface area contributed by atoms with Gasteiger partial charge < -0.3 is 15.0 Å². The highest BCUT2D eigenvalue weighted by Crippen LogP contribution is 2.20. The van der Waals surface area contributed by atoms with Crippen LogP contribution in [-0.4, -0.2) is 56.9 Å². The maximum Gasteiger partial charge on any atom is 0.411 e. The van der Waals surface area contributed by atoms with Gasteiger partial charge in [0.05, 0.1) is 0 Å². The van der Waals surface area contributed by atoms with Gasteiger partial charge >= 0.3 is 6.18 Å². The van der Waals surface area contributed by atoms with Crippen molar-refractivity contribution in [2.45, 2.75) is 32.9 Å². The standard InChI is InChI=1S/C14H26F3N3O.HI/c1-11-7-12(2)9-20(8-11)13(18-3)19-5-4-6-21-10-14(15,16)17;/h11-12H,4-10H2,1-3H3,(H,18,19);1H. The maximum atomic E-state index is 11.9. The fourth-order valence-electron chi connectivity index (χ4n) is 2.73. The second kappa shape index (κ2) is 10.5. The molecule has 1 aliphatic rings. The van der Waals surface area contributed by atoms with Gasteiger partial charge in [0.25, 0.3) is 0 Å². The van der Waals surface area contributed by atoms with E-state index in [1.807, 2.05) is 0 Å². The van der Waals surface area contributed by atoms with Crippen LogP contribution in [0.3, 0.4) is 0 Å². The van der Waals surface area contributed by atoms with Crippen molar-refractivity contribution >= 4 is 29.9 Å². The van der Waals surface area contributed by atoms with Crippen LogP contribution in [0.15, 0.2) is 4.99 Å². The zero-order valence-corrected chi connectivity index (χ0v) is 15.8. The number of hydrogen-bond acceptors (Lipinski definition) is 2. The minimum Gasteiger partial charge on any atom is -0.372 e. The van der Waals surface area contributed by atoms with Gasteiger partial charge in [-0.25, -0.2) is 0 Å². The number of hydrogen-bond donors (Lipinski definition) is 1. The Hall–Kier alpha value is -0.250. The molecule has 8 heteroatoms. The van der Waals surface area contributed by atoms with Crippen molar-refractivity contribution in [2.75, 3.05) is 39.9 Å². The quantitative estimate of drug-likeness (QED) is 0.311. The fourth-order valence-corrected chi connectivity index (χ4v) is 2.73. The number of rotatable bonds is 5. The molecular formula is C14H27F3IN3O. The van der Waals surface area contributed by atoms with E-state index in [1.54, 1.807) is 7.05 Å². The molecule has 0 aliphatic carbocycles. The molecule has 22 heavy (non-hydrogen) atoms. The van der Waals surface area contributed by atoms with E-state index < -0.39 is 12.8 Å². The number of alkyl halides is 3. The molecule has 1 N–H and O–H groups in total. The van der Waals surface area contributed by atoms with Crippen LogP contribution in [0.25, 0.3) is 0 Å². The van der Waals surface area contributed by atoms with Crippen LogP contribution in [0, 0.1) is 11.8 Å². The maximum absolute atomic E-state index is 11.9. The zero-order valence-electron chi connectivity index (χ0n) is 13.4. The first-order valence-electron chi connectivity index (χ1n) is 7.42. The van der Waals surface area contributed by atoms with Crippen LogP contribution < -0.4 is 5.32 Å². The summed E-state index contributed by atoms with van der Waals surface area (Å²) < 4.78 is 40.3. The zero-order chi connectivity index (χ0) is 15.9. The summed E-state index contributed by atoms with van der Waals surface area (Å²) in [5.74, 6) is 2.08. The predicted octanol–water partition coefficient (Wildman–Crippen LogP) is 3.13. The lowest BCUT2D eigenvalue weighted by molar-refractivity contribution is -0.173. The first-order valence-corrected chi connectivity index (χ1v) is 7.42. The van der Waals surface area contributed by atoms with Crippen molar-refractivity contribution < 1.29 is 17.9 Å². The molecule has 4 nitrogen and oxygen atoms in total. The molecule has 0 bridgehead atoms. The third-order valence-electron chi connectivity index (χ3n) is 3.39. The number of halogens is 4. The Balaban J connectivity index is 0.00000441. The van der Waals surface area contributed by atoms with Crippen LogP contribution in [0.1, 0.15) is 26.7 Å². The van der Waals surface area contributed by atoms with E-state index in [9.17, 15) is 13.2 Å². The van der Waals surface area contributed by atoms with Gasteiger partial charge in [0.1, 0.15) is 6.61 Å². The van der Waals surface area contributed by atoms with Gasteiger partial charge in [-0.15, -0.1) is 24.0 Å². The summed E-state index contributed by atoms with van der Waals surface area (Å²) in [5, 5.41) is 3.19. The number of piperidine rings is 1. The predicted molar refractivity (Wildman–Crippen MR) is 92.8 cm³/mol. The van der Waals surface area contributed by atoms with Crippen LogP contribution in [0.2, 0.25) is 0 Å². The number of ether oxygens (including phenoxy) is 1. The molecule has 2 atom stereocenters. The number of likely N-dealkylation sites (tertiary alicyclic amines) is 1. The molecule has 1 rings (SSSR count). The summed E-state index contributed by atoms with van der Waals surface area (Å²) in [6.07, 6.45) is -2.50. The van der Waals surface area contributed by atoms with Crippen molar-refractivity contribution in [1.82, 2.24) is 10.2 Å². The van der Waals surface area contributed by atoms with Crippen molar-refractivity contribution in [1.29, 1.82) is 0 Å². The van der Waals surface area contributed by atoms with E-state index in [4.69, 9.17) is 0 Å². The average molecular weight is 437 g/mol. The van der Waals surface area contributed by atoms with Gasteiger partial charge in [-0.1, -0.05) is 13.8 Å². The summed E-state index contributed by atoms with van der Waals surface area (Å²) in [6.45, 7) is 5.86. The van der Waals surface area contributed by atoms with Gasteiger partial charge in [-0.2, -0.15) is 13.2 Å². The highest BCUT2D eigenvalue weighted by molar-refractivity contribution is 14.0. The van der Waals surface area contributed by atoms with E-state index in [-0.39, 0.29) is 30.6 Å². The molecule has 1 fully saturated rings. The summed E-state index contributed by atoms with van der Waals surface area (Å²) in [6, 6.07) is 0. The highest BCUT2D eigenvalue weighted by Gasteiger charge is 2.27. The molecular weight excluding hydrogens is 410 g/mol. The molecule has 1 heterocycles. The fraction of sp³-hybridized carbons (Fsp3) is 0.929. The molecule has 0 aromatic heterocycles. The third-order valence-corrected chi connectivity index (χ3v) is 3.39. The lowest BCUT2D eigenvalue weighted by Crippen LogP contribution is -2.48. The number of nitrogens with one attached hydrogen (secondary N) is 1. The van der Waals surface area contributed by atoms with Crippen molar-refractivity contribution in [3.63, 3.8) is 0 Å². The van der Waals surface area contributed by atoms with E-state index in [2.05, 4.69) is 33.8 Å². The highest BCUT2D eigenvalue weighted by atomic mass is 127. The molecule has 2 unspecified atom stereocenters. The van der Waals surface area contributed by atoms with Crippen molar-refractivity contribution in [2.24, 2.45) is 16.8 Å².